The van der Waals surface area contributed by atoms with Crippen LogP contribution in [0.1, 0.15) is 43.5 Å². The quantitative estimate of drug-likeness (QED) is 0.611. The fourth-order valence-corrected chi connectivity index (χ4v) is 4.05. The molecule has 9 heteroatoms. The van der Waals surface area contributed by atoms with Gasteiger partial charge in [0.1, 0.15) is 11.6 Å². The monoisotopic (exact) mass is 457 g/mol. The molecule has 3 rings (SSSR count). The summed E-state index contributed by atoms with van der Waals surface area (Å²) >= 11 is 5.83. The van der Waals surface area contributed by atoms with E-state index in [9.17, 15) is 22.4 Å². The van der Waals surface area contributed by atoms with E-state index in [-0.39, 0.29) is 16.6 Å². The minimum atomic E-state index is -4.66. The summed E-state index contributed by atoms with van der Waals surface area (Å²) in [5.74, 6) is -0.688. The van der Waals surface area contributed by atoms with Gasteiger partial charge < -0.3 is 10.2 Å². The summed E-state index contributed by atoms with van der Waals surface area (Å²) in [6.07, 6.45) is -2.58. The van der Waals surface area contributed by atoms with Crippen molar-refractivity contribution in [3.63, 3.8) is 0 Å². The van der Waals surface area contributed by atoms with Gasteiger partial charge in [0.25, 0.3) is 0 Å². The number of benzene rings is 1. The molecule has 168 valence electrons. The SMILES string of the molecule is CN(C(=O)C(C)(C)C)C(c1ccc(NC2Cc3ccc(Cl)c(F)c3C2)nc1)C(F)(F)F. The molecule has 0 bridgehead atoms. The van der Waals surface area contributed by atoms with Crippen molar-refractivity contribution in [3.8, 4) is 0 Å². The second-order valence-electron chi connectivity index (χ2n) is 8.84. The molecule has 0 fully saturated rings. The number of fused-ring (bicyclic) bond motifs is 1. The summed E-state index contributed by atoms with van der Waals surface area (Å²) in [5, 5.41) is 3.20. The van der Waals surface area contributed by atoms with Crippen LogP contribution in [0.5, 0.6) is 0 Å². The Morgan fingerprint density at radius 3 is 2.42 bits per heavy atom. The van der Waals surface area contributed by atoms with Gasteiger partial charge in [0.2, 0.25) is 5.91 Å². The van der Waals surface area contributed by atoms with Gasteiger partial charge >= 0.3 is 6.18 Å². The molecular weight excluding hydrogens is 434 g/mol. The fraction of sp³-hybridized carbons (Fsp3) is 0.455. The average Bonchev–Trinajstić information content (AvgIpc) is 3.07. The van der Waals surface area contributed by atoms with Crippen LogP contribution in [0.2, 0.25) is 5.02 Å². The van der Waals surface area contributed by atoms with E-state index in [2.05, 4.69) is 10.3 Å². The van der Waals surface area contributed by atoms with Gasteiger partial charge in [-0.05, 0) is 36.1 Å². The molecule has 1 aliphatic carbocycles. The van der Waals surface area contributed by atoms with Crippen LogP contribution in [-0.2, 0) is 17.6 Å². The number of carbonyl (C=O) groups excluding carboxylic acids is 1. The first-order chi connectivity index (χ1) is 14.3. The fourth-order valence-electron chi connectivity index (χ4n) is 3.87. The predicted molar refractivity (Wildman–Crippen MR) is 111 cm³/mol. The molecule has 2 atom stereocenters. The zero-order chi connectivity index (χ0) is 23.1. The molecule has 0 spiro atoms. The Morgan fingerprint density at radius 2 is 1.87 bits per heavy atom. The highest BCUT2D eigenvalue weighted by Gasteiger charge is 2.47. The summed E-state index contributed by atoms with van der Waals surface area (Å²) in [5.41, 5.74) is 0.297. The number of carbonyl (C=O) groups is 1. The Balaban J connectivity index is 1.77. The van der Waals surface area contributed by atoms with Crippen molar-refractivity contribution >= 4 is 23.3 Å². The lowest BCUT2D eigenvalue weighted by Gasteiger charge is -2.34. The van der Waals surface area contributed by atoms with E-state index in [0.717, 1.165) is 18.8 Å². The Bertz CT molecular complexity index is 970. The van der Waals surface area contributed by atoms with E-state index >= 15 is 0 Å². The van der Waals surface area contributed by atoms with Crippen LogP contribution in [0, 0.1) is 11.2 Å². The summed E-state index contributed by atoms with van der Waals surface area (Å²) in [7, 11) is 1.15. The van der Waals surface area contributed by atoms with Gasteiger partial charge in [0.15, 0.2) is 6.04 Å². The van der Waals surface area contributed by atoms with Crippen molar-refractivity contribution in [2.24, 2.45) is 5.41 Å². The van der Waals surface area contributed by atoms with Crippen LogP contribution in [0.15, 0.2) is 30.5 Å². The zero-order valence-corrected chi connectivity index (χ0v) is 18.4. The van der Waals surface area contributed by atoms with Gasteiger partial charge in [0, 0.05) is 30.3 Å². The lowest BCUT2D eigenvalue weighted by molar-refractivity contribution is -0.192. The molecular formula is C22H24ClF4N3O. The van der Waals surface area contributed by atoms with Crippen LogP contribution in [0.25, 0.3) is 0 Å². The maximum atomic E-state index is 14.2. The highest BCUT2D eigenvalue weighted by atomic mass is 35.5. The molecule has 1 aliphatic rings. The van der Waals surface area contributed by atoms with Crippen LogP contribution in [-0.4, -0.2) is 35.1 Å². The van der Waals surface area contributed by atoms with Gasteiger partial charge in [-0.2, -0.15) is 13.2 Å². The third-order valence-corrected chi connectivity index (χ3v) is 5.62. The third-order valence-electron chi connectivity index (χ3n) is 5.32. The highest BCUT2D eigenvalue weighted by Crippen LogP contribution is 2.39. The summed E-state index contributed by atoms with van der Waals surface area (Å²) < 4.78 is 55.5. The van der Waals surface area contributed by atoms with Crippen LogP contribution in [0.3, 0.4) is 0 Å². The number of halogens is 5. The molecule has 0 saturated heterocycles. The second-order valence-corrected chi connectivity index (χ2v) is 9.24. The molecule has 2 unspecified atom stereocenters. The van der Waals surface area contributed by atoms with Gasteiger partial charge in [-0.3, -0.25) is 4.79 Å². The van der Waals surface area contributed by atoms with Crippen LogP contribution >= 0.6 is 11.6 Å². The number of pyridine rings is 1. The van der Waals surface area contributed by atoms with Crippen molar-refractivity contribution in [3.05, 3.63) is 58.0 Å². The Labute approximate surface area is 183 Å². The lowest BCUT2D eigenvalue weighted by atomic mass is 9.93. The first kappa shape index (κ1) is 23.3. The second kappa shape index (κ2) is 8.30. The molecule has 0 aliphatic heterocycles. The lowest BCUT2D eigenvalue weighted by Crippen LogP contribution is -2.44. The Kier molecular flexibility index (Phi) is 6.24. The Hall–Kier alpha value is -2.35. The van der Waals surface area contributed by atoms with Crippen molar-refractivity contribution in [2.45, 2.75) is 51.9 Å². The number of alkyl halides is 3. The number of rotatable bonds is 4. The summed E-state index contributed by atoms with van der Waals surface area (Å²) in [4.78, 5) is 17.3. The van der Waals surface area contributed by atoms with E-state index in [1.807, 2.05) is 0 Å². The summed E-state index contributed by atoms with van der Waals surface area (Å²) in [6, 6.07) is 3.78. The molecule has 1 aromatic carbocycles. The van der Waals surface area contributed by atoms with Gasteiger partial charge in [-0.15, -0.1) is 0 Å². The maximum Gasteiger partial charge on any atom is 0.413 e. The number of anilines is 1. The number of hydrogen-bond acceptors (Lipinski definition) is 3. The number of nitrogens with zero attached hydrogens (tertiary/aromatic N) is 2. The average molecular weight is 458 g/mol. The smallest absolute Gasteiger partial charge is 0.367 e. The molecule has 4 nitrogen and oxygen atoms in total. The molecule has 31 heavy (non-hydrogen) atoms. The van der Waals surface area contributed by atoms with Gasteiger partial charge in [0.05, 0.1) is 5.02 Å². The number of nitrogens with one attached hydrogen (secondary N) is 1. The van der Waals surface area contributed by atoms with Crippen LogP contribution < -0.4 is 5.32 Å². The third kappa shape index (κ3) is 4.95. The number of aromatic nitrogens is 1. The van der Waals surface area contributed by atoms with Crippen molar-refractivity contribution in [1.82, 2.24) is 9.88 Å². The van der Waals surface area contributed by atoms with E-state index in [0.29, 0.717) is 29.1 Å². The first-order valence-corrected chi connectivity index (χ1v) is 10.2. The van der Waals surface area contributed by atoms with E-state index in [1.165, 1.54) is 18.2 Å². The van der Waals surface area contributed by atoms with Crippen molar-refractivity contribution in [2.75, 3.05) is 12.4 Å². The highest BCUT2D eigenvalue weighted by molar-refractivity contribution is 6.30. The van der Waals surface area contributed by atoms with E-state index < -0.39 is 29.4 Å². The number of amides is 1. The summed E-state index contributed by atoms with van der Waals surface area (Å²) in [6.45, 7) is 4.71. The number of hydrogen-bond donors (Lipinski definition) is 1. The molecule has 1 heterocycles. The normalized spacial score (nSPS) is 17.3. The molecule has 0 radical (unpaired) electrons. The molecule has 1 N–H and O–H groups in total. The topological polar surface area (TPSA) is 45.2 Å². The van der Waals surface area contributed by atoms with Crippen molar-refractivity contribution in [1.29, 1.82) is 0 Å². The first-order valence-electron chi connectivity index (χ1n) is 9.81. The predicted octanol–water partition coefficient (Wildman–Crippen LogP) is 5.56. The zero-order valence-electron chi connectivity index (χ0n) is 17.6. The van der Waals surface area contributed by atoms with Crippen molar-refractivity contribution < 1.29 is 22.4 Å². The molecule has 1 amide bonds. The van der Waals surface area contributed by atoms with Gasteiger partial charge in [-0.1, -0.05) is 44.5 Å². The minimum absolute atomic E-state index is 0.0639. The van der Waals surface area contributed by atoms with Crippen LogP contribution in [0.4, 0.5) is 23.4 Å². The molecule has 2 aromatic rings. The minimum Gasteiger partial charge on any atom is -0.367 e. The largest absolute Gasteiger partial charge is 0.413 e. The van der Waals surface area contributed by atoms with Gasteiger partial charge in [-0.25, -0.2) is 9.37 Å². The maximum absolute atomic E-state index is 14.2. The molecule has 1 aromatic heterocycles. The van der Waals surface area contributed by atoms with E-state index in [4.69, 9.17) is 11.6 Å². The standard InChI is InChI=1S/C22H24ClF4N3O/c1-21(2,3)20(31)30(4)19(22(25,26)27)13-6-8-17(28-11-13)29-14-9-12-5-7-16(23)18(24)15(12)10-14/h5-8,11,14,19H,9-10H2,1-4H3,(H,28,29). The van der Waals surface area contributed by atoms with E-state index in [1.54, 1.807) is 26.8 Å². The molecule has 0 saturated carbocycles. The Morgan fingerprint density at radius 1 is 1.19 bits per heavy atom.